The van der Waals surface area contributed by atoms with Crippen molar-refractivity contribution in [2.45, 2.75) is 31.7 Å². The van der Waals surface area contributed by atoms with Gasteiger partial charge in [0.05, 0.1) is 12.7 Å². The Morgan fingerprint density at radius 1 is 1.10 bits per heavy atom. The van der Waals surface area contributed by atoms with Crippen LogP contribution in [-0.2, 0) is 11.3 Å². The van der Waals surface area contributed by atoms with Crippen LogP contribution in [0.4, 0.5) is 11.9 Å². The van der Waals surface area contributed by atoms with Gasteiger partial charge in [-0.15, -0.1) is 10.2 Å². The van der Waals surface area contributed by atoms with Gasteiger partial charge in [0.25, 0.3) is 5.78 Å². The summed E-state index contributed by atoms with van der Waals surface area (Å²) in [6.45, 7) is 9.10. The predicted octanol–water partition coefficient (Wildman–Crippen LogP) is 2.38. The van der Waals surface area contributed by atoms with Crippen LogP contribution in [-0.4, -0.2) is 74.1 Å². The van der Waals surface area contributed by atoms with Gasteiger partial charge in [0.15, 0.2) is 5.16 Å². The number of benzene rings is 1. The van der Waals surface area contributed by atoms with Crippen molar-refractivity contribution >= 4 is 29.4 Å². The summed E-state index contributed by atoms with van der Waals surface area (Å²) in [5.74, 6) is 2.58. The van der Waals surface area contributed by atoms with Crippen molar-refractivity contribution in [3.8, 4) is 0 Å². The molecule has 0 radical (unpaired) electrons. The number of hydrogen-bond acceptors (Lipinski definition) is 9. The molecule has 1 atom stereocenters. The van der Waals surface area contributed by atoms with E-state index in [1.54, 1.807) is 11.8 Å². The van der Waals surface area contributed by atoms with Gasteiger partial charge >= 0.3 is 0 Å². The molecule has 3 heterocycles. The number of rotatable bonds is 9. The van der Waals surface area contributed by atoms with Crippen LogP contribution in [0.1, 0.15) is 19.4 Å². The topological polar surface area (TPSA) is 92.5 Å². The van der Waals surface area contributed by atoms with E-state index in [0.29, 0.717) is 17.7 Å². The van der Waals surface area contributed by atoms with E-state index in [2.05, 4.69) is 66.0 Å². The van der Waals surface area contributed by atoms with Crippen molar-refractivity contribution in [2.24, 2.45) is 0 Å². The lowest BCUT2D eigenvalue weighted by atomic mass is 10.2. The summed E-state index contributed by atoms with van der Waals surface area (Å²) in [4.78, 5) is 11.5. The van der Waals surface area contributed by atoms with Crippen LogP contribution in [0.3, 0.4) is 0 Å². The highest BCUT2D eigenvalue weighted by Crippen LogP contribution is 2.23. The number of hydrogen-bond donors (Lipinski definition) is 2. The van der Waals surface area contributed by atoms with Crippen LogP contribution < -0.4 is 10.6 Å². The highest BCUT2D eigenvalue weighted by molar-refractivity contribution is 7.99. The fourth-order valence-corrected chi connectivity index (χ4v) is 4.36. The smallest absolute Gasteiger partial charge is 0.261 e. The van der Waals surface area contributed by atoms with E-state index in [1.807, 2.05) is 18.2 Å². The summed E-state index contributed by atoms with van der Waals surface area (Å²) in [6.07, 6.45) is 0.143. The number of nitrogens with one attached hydrogen (secondary N) is 2. The molecule has 0 aliphatic carbocycles. The average Bonchev–Trinajstić information content (AvgIpc) is 3.17. The van der Waals surface area contributed by atoms with Crippen molar-refractivity contribution < 1.29 is 4.74 Å². The van der Waals surface area contributed by atoms with Crippen molar-refractivity contribution in [3.63, 3.8) is 0 Å². The van der Waals surface area contributed by atoms with E-state index in [1.165, 1.54) is 5.56 Å². The second kappa shape index (κ2) is 10.1. The quantitative estimate of drug-likeness (QED) is 0.498. The first-order valence-electron chi connectivity index (χ1n) is 10.4. The number of thioether (sulfide) groups is 1. The molecule has 9 nitrogen and oxygen atoms in total. The van der Waals surface area contributed by atoms with Crippen molar-refractivity contribution in [2.75, 3.05) is 49.2 Å². The molecule has 0 bridgehead atoms. The summed E-state index contributed by atoms with van der Waals surface area (Å²) in [5, 5.41) is 15.8. The molecule has 0 unspecified atom stereocenters. The van der Waals surface area contributed by atoms with Gasteiger partial charge in [0.1, 0.15) is 0 Å². The lowest BCUT2D eigenvalue weighted by molar-refractivity contribution is -0.0187. The molecule has 0 saturated carbocycles. The molecule has 2 aromatic heterocycles. The first-order valence-corrected chi connectivity index (χ1v) is 11.4. The molecule has 3 aromatic rings. The van der Waals surface area contributed by atoms with Gasteiger partial charge < -0.3 is 15.4 Å². The number of morpholine rings is 1. The molecule has 0 amide bonds. The Labute approximate surface area is 180 Å². The Morgan fingerprint density at radius 2 is 1.93 bits per heavy atom. The first-order chi connectivity index (χ1) is 14.8. The fourth-order valence-electron chi connectivity index (χ4n) is 3.43. The zero-order valence-corrected chi connectivity index (χ0v) is 18.2. The maximum atomic E-state index is 6.01. The van der Waals surface area contributed by atoms with E-state index in [4.69, 9.17) is 4.74 Å². The van der Waals surface area contributed by atoms with Gasteiger partial charge in [-0.3, -0.25) is 4.90 Å². The molecule has 1 saturated heterocycles. The summed E-state index contributed by atoms with van der Waals surface area (Å²) in [5.41, 5.74) is 1.33. The minimum atomic E-state index is 0.143. The minimum absolute atomic E-state index is 0.143. The molecule has 160 valence electrons. The van der Waals surface area contributed by atoms with Gasteiger partial charge in [0.2, 0.25) is 11.9 Å². The van der Waals surface area contributed by atoms with E-state index < -0.39 is 0 Å². The maximum absolute atomic E-state index is 6.01. The molecule has 1 fully saturated rings. The third-order valence-electron chi connectivity index (χ3n) is 4.79. The molecule has 0 spiro atoms. The molecule has 10 heteroatoms. The predicted molar refractivity (Wildman–Crippen MR) is 119 cm³/mol. The molecule has 1 aliphatic rings. The second-order valence-electron chi connectivity index (χ2n) is 7.07. The second-order valence-corrected chi connectivity index (χ2v) is 8.06. The molecule has 1 aromatic carbocycles. The van der Waals surface area contributed by atoms with Crippen LogP contribution in [0.5, 0.6) is 0 Å². The molecule has 4 rings (SSSR count). The fraction of sp³-hybridized carbons (Fsp3) is 0.500. The Morgan fingerprint density at radius 3 is 2.73 bits per heavy atom. The number of fused-ring (bicyclic) bond motifs is 1. The number of aromatic nitrogens is 5. The third-order valence-corrected chi connectivity index (χ3v) is 5.85. The number of anilines is 2. The zero-order valence-electron chi connectivity index (χ0n) is 17.4. The van der Waals surface area contributed by atoms with Crippen molar-refractivity contribution in [1.29, 1.82) is 0 Å². The van der Waals surface area contributed by atoms with Crippen LogP contribution in [0.25, 0.3) is 5.78 Å². The summed E-state index contributed by atoms with van der Waals surface area (Å²) < 4.78 is 7.88. The summed E-state index contributed by atoms with van der Waals surface area (Å²) in [7, 11) is 0. The van der Waals surface area contributed by atoms with Gasteiger partial charge in [-0.25, -0.2) is 4.40 Å². The highest BCUT2D eigenvalue weighted by Gasteiger charge is 2.22. The van der Waals surface area contributed by atoms with Crippen LogP contribution in [0.2, 0.25) is 0 Å². The molecular weight excluding hydrogens is 400 g/mol. The molecule has 2 N–H and O–H groups in total. The van der Waals surface area contributed by atoms with Gasteiger partial charge in [-0.1, -0.05) is 42.1 Å². The molecule has 1 aliphatic heterocycles. The number of nitrogens with zero attached hydrogens (tertiary/aromatic N) is 6. The Balaban J connectivity index is 1.42. The van der Waals surface area contributed by atoms with Crippen molar-refractivity contribution in [1.82, 2.24) is 29.5 Å². The number of ether oxygens (including phenoxy) is 1. The lowest BCUT2D eigenvalue weighted by Crippen LogP contribution is -2.43. The Bertz CT molecular complexity index is 951. The van der Waals surface area contributed by atoms with Crippen LogP contribution in [0, 0.1) is 0 Å². The Kier molecular flexibility index (Phi) is 6.98. The monoisotopic (exact) mass is 428 g/mol. The first kappa shape index (κ1) is 20.8. The van der Waals surface area contributed by atoms with E-state index in [9.17, 15) is 0 Å². The zero-order chi connectivity index (χ0) is 20.8. The van der Waals surface area contributed by atoms with Crippen molar-refractivity contribution in [3.05, 3.63) is 35.9 Å². The maximum Gasteiger partial charge on any atom is 0.261 e. The summed E-state index contributed by atoms with van der Waals surface area (Å²) in [6, 6.07) is 10.6. The largest absolute Gasteiger partial charge is 0.375 e. The van der Waals surface area contributed by atoms with E-state index >= 15 is 0 Å². The van der Waals surface area contributed by atoms with Crippen LogP contribution >= 0.6 is 11.8 Å². The third kappa shape index (κ3) is 5.00. The van der Waals surface area contributed by atoms with Crippen LogP contribution in [0.15, 0.2) is 35.5 Å². The molecule has 30 heavy (non-hydrogen) atoms. The SMILES string of the molecule is CCNc1nc(NCC)n2c(SC[C@H]3CN(Cc4ccccc4)CCO3)nnc2n1. The standard InChI is InChI=1S/C20H28N8OS/c1-3-21-17-23-18(22-4-2)28-19(24-17)25-26-20(28)30-14-16-13-27(10-11-29-16)12-15-8-6-5-7-9-15/h5-9,16H,3-4,10-14H2,1-2H3,(H2,21,22,23,24,25)/t16-/m1/s1. The van der Waals surface area contributed by atoms with E-state index in [0.717, 1.165) is 50.2 Å². The Hall–Kier alpha value is -2.43. The summed E-state index contributed by atoms with van der Waals surface area (Å²) >= 11 is 1.63. The molecular formula is C20H28N8OS. The van der Waals surface area contributed by atoms with Gasteiger partial charge in [-0.05, 0) is 19.4 Å². The highest BCUT2D eigenvalue weighted by atomic mass is 32.2. The lowest BCUT2D eigenvalue weighted by Gasteiger charge is -2.32. The van der Waals surface area contributed by atoms with Gasteiger partial charge in [0, 0.05) is 38.5 Å². The minimum Gasteiger partial charge on any atom is -0.375 e. The average molecular weight is 429 g/mol. The van der Waals surface area contributed by atoms with Gasteiger partial charge in [-0.2, -0.15) is 9.97 Å². The normalized spacial score (nSPS) is 17.3. The van der Waals surface area contributed by atoms with E-state index in [-0.39, 0.29) is 6.10 Å².